The molecule has 0 aromatic heterocycles. The van der Waals surface area contributed by atoms with E-state index >= 15 is 0 Å². The van der Waals surface area contributed by atoms with Crippen LogP contribution in [0.1, 0.15) is 47.0 Å². The van der Waals surface area contributed by atoms with E-state index in [1.54, 1.807) is 0 Å². The van der Waals surface area contributed by atoms with Gasteiger partial charge in [-0.05, 0) is 18.8 Å². The first-order chi connectivity index (χ1) is 6.04. The van der Waals surface area contributed by atoms with Gasteiger partial charge in [0.05, 0.1) is 19.3 Å². The summed E-state index contributed by atoms with van der Waals surface area (Å²) in [5.74, 6) is 0. The Kier molecular flexibility index (Phi) is 6.35. The Balaban J connectivity index is 3.80. The van der Waals surface area contributed by atoms with E-state index < -0.39 is 0 Å². The van der Waals surface area contributed by atoms with Crippen molar-refractivity contribution in [1.29, 1.82) is 0 Å². The van der Waals surface area contributed by atoms with Crippen LogP contribution in [0.15, 0.2) is 0 Å². The number of rotatable bonds is 7. The number of unbranched alkanes of at least 4 members (excludes halogenated alkanes) is 1. The van der Waals surface area contributed by atoms with Crippen molar-refractivity contribution >= 4 is 0 Å². The SMILES string of the molecule is CCCCC(C)(C)C(C)OCCO. The molecular weight excluding hydrogens is 164 g/mol. The second-order valence-electron chi connectivity index (χ2n) is 4.33. The molecule has 0 aromatic rings. The first-order valence-corrected chi connectivity index (χ1v) is 5.27. The molecular formula is C11H24O2. The van der Waals surface area contributed by atoms with Gasteiger partial charge < -0.3 is 9.84 Å². The summed E-state index contributed by atoms with van der Waals surface area (Å²) in [5.41, 5.74) is 0.227. The Hall–Kier alpha value is -0.0800. The smallest absolute Gasteiger partial charge is 0.0701 e. The van der Waals surface area contributed by atoms with Crippen LogP contribution in [0.4, 0.5) is 0 Å². The minimum absolute atomic E-state index is 0.119. The Labute approximate surface area is 82.3 Å². The molecule has 0 aliphatic rings. The molecule has 0 bridgehead atoms. The summed E-state index contributed by atoms with van der Waals surface area (Å²) in [4.78, 5) is 0. The Morgan fingerprint density at radius 2 is 2.00 bits per heavy atom. The van der Waals surface area contributed by atoms with E-state index in [2.05, 4.69) is 27.7 Å². The highest BCUT2D eigenvalue weighted by atomic mass is 16.5. The van der Waals surface area contributed by atoms with Crippen molar-refractivity contribution in [2.45, 2.75) is 53.1 Å². The molecule has 2 nitrogen and oxygen atoms in total. The number of hydrogen-bond donors (Lipinski definition) is 1. The van der Waals surface area contributed by atoms with E-state index in [9.17, 15) is 0 Å². The largest absolute Gasteiger partial charge is 0.394 e. The van der Waals surface area contributed by atoms with Crippen molar-refractivity contribution < 1.29 is 9.84 Å². The van der Waals surface area contributed by atoms with E-state index in [4.69, 9.17) is 9.84 Å². The van der Waals surface area contributed by atoms with Gasteiger partial charge in [-0.1, -0.05) is 33.6 Å². The van der Waals surface area contributed by atoms with Gasteiger partial charge in [-0.2, -0.15) is 0 Å². The third-order valence-electron chi connectivity index (χ3n) is 2.73. The molecule has 0 saturated heterocycles. The first-order valence-electron chi connectivity index (χ1n) is 5.27. The van der Waals surface area contributed by atoms with Crippen molar-refractivity contribution in [2.75, 3.05) is 13.2 Å². The molecule has 0 aromatic carbocycles. The molecule has 13 heavy (non-hydrogen) atoms. The summed E-state index contributed by atoms with van der Waals surface area (Å²) >= 11 is 0. The van der Waals surface area contributed by atoms with Gasteiger partial charge in [0.15, 0.2) is 0 Å². The van der Waals surface area contributed by atoms with Crippen LogP contribution in [0.25, 0.3) is 0 Å². The lowest BCUT2D eigenvalue weighted by Crippen LogP contribution is -2.30. The summed E-state index contributed by atoms with van der Waals surface area (Å²) in [6, 6.07) is 0. The zero-order valence-corrected chi connectivity index (χ0v) is 9.47. The van der Waals surface area contributed by atoms with Gasteiger partial charge in [-0.25, -0.2) is 0 Å². The summed E-state index contributed by atoms with van der Waals surface area (Å²) in [5, 5.41) is 8.63. The summed E-state index contributed by atoms with van der Waals surface area (Å²) in [6.07, 6.45) is 3.90. The van der Waals surface area contributed by atoms with Gasteiger partial charge in [0, 0.05) is 0 Å². The predicted octanol–water partition coefficient (Wildman–Crippen LogP) is 2.60. The molecule has 0 rings (SSSR count). The quantitative estimate of drug-likeness (QED) is 0.665. The maximum absolute atomic E-state index is 8.63. The van der Waals surface area contributed by atoms with Crippen molar-refractivity contribution in [3.05, 3.63) is 0 Å². The molecule has 0 fully saturated rings. The van der Waals surface area contributed by atoms with Gasteiger partial charge in [0.2, 0.25) is 0 Å². The summed E-state index contributed by atoms with van der Waals surface area (Å²) < 4.78 is 5.50. The second kappa shape index (κ2) is 6.39. The maximum atomic E-state index is 8.63. The number of aliphatic hydroxyl groups is 1. The lowest BCUT2D eigenvalue weighted by atomic mass is 9.82. The minimum Gasteiger partial charge on any atom is -0.394 e. The van der Waals surface area contributed by atoms with Gasteiger partial charge in [-0.15, -0.1) is 0 Å². The zero-order chi connectivity index (χ0) is 10.3. The van der Waals surface area contributed by atoms with Crippen LogP contribution in [0.3, 0.4) is 0 Å². The molecule has 0 heterocycles. The van der Waals surface area contributed by atoms with E-state index in [-0.39, 0.29) is 18.1 Å². The maximum Gasteiger partial charge on any atom is 0.0701 e. The first kappa shape index (κ1) is 12.9. The topological polar surface area (TPSA) is 29.5 Å². The average molecular weight is 188 g/mol. The molecule has 0 radical (unpaired) electrons. The van der Waals surface area contributed by atoms with Gasteiger partial charge in [0.1, 0.15) is 0 Å². The van der Waals surface area contributed by atoms with Crippen molar-refractivity contribution in [1.82, 2.24) is 0 Å². The number of hydrogen-bond acceptors (Lipinski definition) is 2. The van der Waals surface area contributed by atoms with Crippen LogP contribution in [0, 0.1) is 5.41 Å². The van der Waals surface area contributed by atoms with Gasteiger partial charge >= 0.3 is 0 Å². The molecule has 1 unspecified atom stereocenters. The Morgan fingerprint density at radius 1 is 1.38 bits per heavy atom. The molecule has 1 N–H and O–H groups in total. The van der Waals surface area contributed by atoms with Crippen LogP contribution < -0.4 is 0 Å². The van der Waals surface area contributed by atoms with Gasteiger partial charge in [-0.3, -0.25) is 0 Å². The predicted molar refractivity (Wildman–Crippen MR) is 55.8 cm³/mol. The molecule has 0 spiro atoms. The fraction of sp³-hybridized carbons (Fsp3) is 1.00. The Morgan fingerprint density at radius 3 is 2.46 bits per heavy atom. The van der Waals surface area contributed by atoms with E-state index in [0.717, 1.165) is 0 Å². The minimum atomic E-state index is 0.119. The third-order valence-corrected chi connectivity index (χ3v) is 2.73. The van der Waals surface area contributed by atoms with Crippen LogP contribution in [0.2, 0.25) is 0 Å². The fourth-order valence-corrected chi connectivity index (χ4v) is 1.29. The van der Waals surface area contributed by atoms with Crippen molar-refractivity contribution in [2.24, 2.45) is 5.41 Å². The van der Waals surface area contributed by atoms with Gasteiger partial charge in [0.25, 0.3) is 0 Å². The lowest BCUT2D eigenvalue weighted by Gasteiger charge is -2.31. The number of aliphatic hydroxyl groups excluding tert-OH is 1. The normalized spacial score (nSPS) is 14.5. The van der Waals surface area contributed by atoms with Crippen LogP contribution in [-0.4, -0.2) is 24.4 Å². The molecule has 0 amide bonds. The highest BCUT2D eigenvalue weighted by Gasteiger charge is 2.25. The lowest BCUT2D eigenvalue weighted by molar-refractivity contribution is -0.0308. The van der Waals surface area contributed by atoms with E-state index in [0.29, 0.717) is 6.61 Å². The van der Waals surface area contributed by atoms with E-state index in [1.807, 2.05) is 0 Å². The molecule has 0 aliphatic heterocycles. The van der Waals surface area contributed by atoms with Crippen LogP contribution in [0.5, 0.6) is 0 Å². The molecule has 0 saturated carbocycles. The standard InChI is InChI=1S/C11H24O2/c1-5-6-7-11(3,4)10(2)13-9-8-12/h10,12H,5-9H2,1-4H3. The van der Waals surface area contributed by atoms with Crippen LogP contribution in [-0.2, 0) is 4.74 Å². The fourth-order valence-electron chi connectivity index (χ4n) is 1.29. The molecule has 80 valence electrons. The molecule has 2 heteroatoms. The molecule has 0 aliphatic carbocycles. The third kappa shape index (κ3) is 5.27. The highest BCUT2D eigenvalue weighted by molar-refractivity contribution is 4.75. The van der Waals surface area contributed by atoms with Crippen molar-refractivity contribution in [3.8, 4) is 0 Å². The summed E-state index contributed by atoms with van der Waals surface area (Å²) in [7, 11) is 0. The van der Waals surface area contributed by atoms with E-state index in [1.165, 1.54) is 19.3 Å². The Bertz CT molecular complexity index is 121. The second-order valence-corrected chi connectivity index (χ2v) is 4.33. The molecule has 1 atom stereocenters. The van der Waals surface area contributed by atoms with Crippen LogP contribution >= 0.6 is 0 Å². The highest BCUT2D eigenvalue weighted by Crippen LogP contribution is 2.29. The zero-order valence-electron chi connectivity index (χ0n) is 9.47. The average Bonchev–Trinajstić information content (AvgIpc) is 2.10. The number of ether oxygens (including phenoxy) is 1. The monoisotopic (exact) mass is 188 g/mol. The summed E-state index contributed by atoms with van der Waals surface area (Å²) in [6.45, 7) is 9.32. The van der Waals surface area contributed by atoms with Crippen molar-refractivity contribution in [3.63, 3.8) is 0 Å².